The fraction of sp³-hybridized carbons (Fsp3) is 0.259. The van der Waals surface area contributed by atoms with Crippen LogP contribution in [0.15, 0.2) is 48.5 Å². The number of carbonyl (C=O) groups is 2. The van der Waals surface area contributed by atoms with Crippen LogP contribution in [0.2, 0.25) is 0 Å². The van der Waals surface area contributed by atoms with Gasteiger partial charge in [-0.25, -0.2) is 0 Å². The first-order chi connectivity index (χ1) is 15.4. The van der Waals surface area contributed by atoms with Gasteiger partial charge in [-0.15, -0.1) is 0 Å². The molecular weight excluding hydrogens is 400 g/mol. The van der Waals surface area contributed by atoms with Crippen LogP contribution in [0.25, 0.3) is 22.3 Å². The largest absolute Gasteiger partial charge is 0.378 e. The lowest BCUT2D eigenvalue weighted by Crippen LogP contribution is -2.40. The average molecular weight is 427 g/mol. The van der Waals surface area contributed by atoms with Gasteiger partial charge in [0.05, 0.1) is 13.2 Å². The first-order valence-corrected chi connectivity index (χ1v) is 11.0. The van der Waals surface area contributed by atoms with E-state index in [1.807, 2.05) is 29.2 Å². The number of nitrogens with two attached hydrogens (primary N) is 1. The maximum atomic E-state index is 12.9. The van der Waals surface area contributed by atoms with Crippen molar-refractivity contribution in [3.05, 3.63) is 81.9 Å². The molecular formula is C27H26N2O3. The smallest absolute Gasteiger partial charge is 0.254 e. The molecule has 5 rings (SSSR count). The number of nitrogens with zero attached hydrogens (tertiary/aromatic N) is 1. The number of amides is 2. The molecule has 0 aromatic heterocycles. The third-order valence-electron chi connectivity index (χ3n) is 6.66. The van der Waals surface area contributed by atoms with Crippen LogP contribution in [-0.4, -0.2) is 43.0 Å². The van der Waals surface area contributed by atoms with E-state index in [1.165, 1.54) is 11.1 Å². The average Bonchev–Trinajstić information content (AvgIpc) is 3.18. The molecule has 1 aliphatic heterocycles. The summed E-state index contributed by atoms with van der Waals surface area (Å²) in [6.07, 6.45) is 0.598. The van der Waals surface area contributed by atoms with Crippen molar-refractivity contribution in [1.82, 2.24) is 4.90 Å². The van der Waals surface area contributed by atoms with Gasteiger partial charge in [0.2, 0.25) is 5.91 Å². The number of primary amides is 1. The predicted octanol–water partition coefficient (Wildman–Crippen LogP) is 4.11. The summed E-state index contributed by atoms with van der Waals surface area (Å²) in [5.74, 6) is -0.401. The zero-order chi connectivity index (χ0) is 22.4. The maximum Gasteiger partial charge on any atom is 0.254 e. The molecule has 0 radical (unpaired) electrons. The van der Waals surface area contributed by atoms with E-state index < -0.39 is 5.91 Å². The first-order valence-electron chi connectivity index (χ1n) is 11.0. The number of hydrogen-bond donors (Lipinski definition) is 1. The normalized spacial score (nSPS) is 14.8. The molecule has 1 fully saturated rings. The highest BCUT2D eigenvalue weighted by molar-refractivity contribution is 6.01. The molecule has 0 spiro atoms. The molecule has 1 heterocycles. The molecule has 1 aliphatic carbocycles. The second-order valence-corrected chi connectivity index (χ2v) is 8.67. The number of carbonyl (C=O) groups excluding carboxylic acids is 2. The van der Waals surface area contributed by atoms with Gasteiger partial charge in [0.15, 0.2) is 0 Å². The third kappa shape index (κ3) is 3.49. The molecule has 3 aromatic rings. The predicted molar refractivity (Wildman–Crippen MR) is 125 cm³/mol. The Balaban J connectivity index is 1.57. The minimum absolute atomic E-state index is 0.0259. The highest BCUT2D eigenvalue weighted by Crippen LogP contribution is 2.41. The standard InChI is InChI=1S/C27H26N2O3/c1-16-3-4-18(11-17(16)2)20-13-23-22-6-5-19(27(31)29-7-9-32-10-8-29)12-21(22)15-24(23)25(14-20)26(28)30/h3-6,11-14H,7-10,15H2,1-2H3,(H2,28,30). The minimum atomic E-state index is -0.427. The Morgan fingerprint density at radius 1 is 0.875 bits per heavy atom. The number of benzene rings is 3. The molecule has 0 unspecified atom stereocenters. The molecule has 2 N–H and O–H groups in total. The molecule has 5 nitrogen and oxygen atoms in total. The molecule has 0 saturated carbocycles. The van der Waals surface area contributed by atoms with Gasteiger partial charge >= 0.3 is 0 Å². The van der Waals surface area contributed by atoms with Crippen molar-refractivity contribution >= 4 is 11.8 Å². The zero-order valence-corrected chi connectivity index (χ0v) is 18.4. The fourth-order valence-electron chi connectivity index (χ4n) is 4.69. The Bertz CT molecular complexity index is 1260. The molecule has 0 atom stereocenters. The summed E-state index contributed by atoms with van der Waals surface area (Å²) < 4.78 is 5.36. The van der Waals surface area contributed by atoms with Crippen molar-refractivity contribution < 1.29 is 14.3 Å². The van der Waals surface area contributed by atoms with Gasteiger partial charge in [-0.2, -0.15) is 0 Å². The molecule has 5 heteroatoms. The van der Waals surface area contributed by atoms with Crippen molar-refractivity contribution in [2.75, 3.05) is 26.3 Å². The van der Waals surface area contributed by atoms with Crippen LogP contribution in [0.3, 0.4) is 0 Å². The van der Waals surface area contributed by atoms with E-state index in [9.17, 15) is 9.59 Å². The van der Waals surface area contributed by atoms with Crippen LogP contribution < -0.4 is 5.73 Å². The summed E-state index contributed by atoms with van der Waals surface area (Å²) in [6.45, 7) is 6.55. The quantitative estimate of drug-likeness (QED) is 0.536. The molecule has 2 amide bonds. The van der Waals surface area contributed by atoms with Crippen molar-refractivity contribution in [3.8, 4) is 22.3 Å². The van der Waals surface area contributed by atoms with Gasteiger partial charge in [0.25, 0.3) is 5.91 Å². The van der Waals surface area contributed by atoms with Crippen LogP contribution in [0, 0.1) is 13.8 Å². The highest BCUT2D eigenvalue weighted by atomic mass is 16.5. The van der Waals surface area contributed by atoms with Gasteiger partial charge in [0, 0.05) is 24.2 Å². The lowest BCUT2D eigenvalue weighted by atomic mass is 9.92. The van der Waals surface area contributed by atoms with Crippen LogP contribution in [0.5, 0.6) is 0 Å². The van der Waals surface area contributed by atoms with Crippen molar-refractivity contribution in [1.29, 1.82) is 0 Å². The van der Waals surface area contributed by atoms with E-state index in [-0.39, 0.29) is 5.91 Å². The number of aryl methyl sites for hydroxylation is 2. The van der Waals surface area contributed by atoms with Crippen LogP contribution in [0.4, 0.5) is 0 Å². The van der Waals surface area contributed by atoms with Crippen LogP contribution >= 0.6 is 0 Å². The monoisotopic (exact) mass is 426 g/mol. The first kappa shape index (κ1) is 20.5. The minimum Gasteiger partial charge on any atom is -0.378 e. The molecule has 2 aliphatic rings. The Labute approximate surface area is 187 Å². The number of hydrogen-bond acceptors (Lipinski definition) is 3. The Morgan fingerprint density at radius 2 is 1.66 bits per heavy atom. The second-order valence-electron chi connectivity index (χ2n) is 8.67. The summed E-state index contributed by atoms with van der Waals surface area (Å²) in [6, 6.07) is 16.2. The number of rotatable bonds is 3. The molecule has 3 aromatic carbocycles. The van der Waals surface area contributed by atoms with Gasteiger partial charge < -0.3 is 15.4 Å². The summed E-state index contributed by atoms with van der Waals surface area (Å²) in [5, 5.41) is 0. The summed E-state index contributed by atoms with van der Waals surface area (Å²) in [4.78, 5) is 27.1. The molecule has 1 saturated heterocycles. The maximum absolute atomic E-state index is 12.9. The third-order valence-corrected chi connectivity index (χ3v) is 6.66. The highest BCUT2D eigenvalue weighted by Gasteiger charge is 2.26. The fourth-order valence-corrected chi connectivity index (χ4v) is 4.69. The Kier molecular flexibility index (Phi) is 5.06. The zero-order valence-electron chi connectivity index (χ0n) is 18.4. The van der Waals surface area contributed by atoms with E-state index in [0.717, 1.165) is 33.4 Å². The van der Waals surface area contributed by atoms with E-state index >= 15 is 0 Å². The second kappa shape index (κ2) is 7.92. The van der Waals surface area contributed by atoms with Crippen molar-refractivity contribution in [3.63, 3.8) is 0 Å². The van der Waals surface area contributed by atoms with E-state index in [1.54, 1.807) is 0 Å². The Hall–Kier alpha value is -3.44. The SMILES string of the molecule is Cc1ccc(-c2cc(C(N)=O)c3c(c2)-c2ccc(C(=O)N4CCOCC4)cc2C3)cc1C. The topological polar surface area (TPSA) is 72.6 Å². The van der Waals surface area contributed by atoms with Crippen LogP contribution in [0.1, 0.15) is 43.0 Å². The van der Waals surface area contributed by atoms with Gasteiger partial charge in [-0.1, -0.05) is 24.3 Å². The van der Waals surface area contributed by atoms with E-state index in [2.05, 4.69) is 38.1 Å². The van der Waals surface area contributed by atoms with Gasteiger partial charge in [-0.3, -0.25) is 9.59 Å². The van der Waals surface area contributed by atoms with Gasteiger partial charge in [-0.05, 0) is 89.0 Å². The number of ether oxygens (including phenoxy) is 1. The van der Waals surface area contributed by atoms with E-state index in [0.29, 0.717) is 43.9 Å². The number of morpholine rings is 1. The van der Waals surface area contributed by atoms with Gasteiger partial charge in [0.1, 0.15) is 0 Å². The van der Waals surface area contributed by atoms with E-state index in [4.69, 9.17) is 10.5 Å². The van der Waals surface area contributed by atoms with Crippen molar-refractivity contribution in [2.24, 2.45) is 5.73 Å². The summed E-state index contributed by atoms with van der Waals surface area (Å²) in [5.41, 5.74) is 15.6. The van der Waals surface area contributed by atoms with Crippen molar-refractivity contribution in [2.45, 2.75) is 20.3 Å². The van der Waals surface area contributed by atoms with Crippen LogP contribution in [-0.2, 0) is 11.2 Å². The molecule has 0 bridgehead atoms. The Morgan fingerprint density at radius 3 is 2.38 bits per heavy atom. The molecule has 162 valence electrons. The number of fused-ring (bicyclic) bond motifs is 3. The lowest BCUT2D eigenvalue weighted by Gasteiger charge is -2.27. The summed E-state index contributed by atoms with van der Waals surface area (Å²) >= 11 is 0. The molecule has 32 heavy (non-hydrogen) atoms. The summed E-state index contributed by atoms with van der Waals surface area (Å²) in [7, 11) is 0. The lowest BCUT2D eigenvalue weighted by molar-refractivity contribution is 0.0303.